The number of hydrogen-bond acceptors (Lipinski definition) is 5. The van der Waals surface area contributed by atoms with Crippen LogP contribution in [0.1, 0.15) is 26.7 Å². The average Bonchev–Trinajstić information content (AvgIpc) is 2.38. The molecule has 0 unspecified atom stereocenters. The molecule has 106 valence electrons. The molecule has 0 bridgehead atoms. The van der Waals surface area contributed by atoms with E-state index in [1.54, 1.807) is 12.3 Å². The molecule has 2 heterocycles. The number of rotatable bonds is 5. The first-order valence-corrected chi connectivity index (χ1v) is 7.05. The van der Waals surface area contributed by atoms with E-state index in [0.29, 0.717) is 11.8 Å². The van der Waals surface area contributed by atoms with Gasteiger partial charge in [0.2, 0.25) is 11.8 Å². The van der Waals surface area contributed by atoms with Crippen LogP contribution in [0.25, 0.3) is 0 Å². The van der Waals surface area contributed by atoms with Crippen LogP contribution in [0.4, 0.5) is 5.95 Å². The maximum absolute atomic E-state index is 5.56. The van der Waals surface area contributed by atoms with Crippen molar-refractivity contribution in [3.8, 4) is 5.88 Å². The number of nitrogens with one attached hydrogen (secondary N) is 1. The maximum Gasteiger partial charge on any atom is 0.225 e. The number of hydrogen-bond donors (Lipinski definition) is 1. The molecule has 5 nitrogen and oxygen atoms in total. The van der Waals surface area contributed by atoms with Gasteiger partial charge in [-0.1, -0.05) is 0 Å². The highest BCUT2D eigenvalue weighted by Crippen LogP contribution is 2.17. The van der Waals surface area contributed by atoms with Gasteiger partial charge in [-0.3, -0.25) is 0 Å². The lowest BCUT2D eigenvalue weighted by molar-refractivity contribution is 0.225. The van der Waals surface area contributed by atoms with Crippen LogP contribution in [0.5, 0.6) is 5.88 Å². The lowest BCUT2D eigenvalue weighted by atomic mass is 9.97. The Morgan fingerprint density at radius 2 is 2.16 bits per heavy atom. The Bertz CT molecular complexity index is 389. The summed E-state index contributed by atoms with van der Waals surface area (Å²) in [7, 11) is 2.18. The summed E-state index contributed by atoms with van der Waals surface area (Å²) in [5, 5.41) is 3.32. The molecule has 0 amide bonds. The van der Waals surface area contributed by atoms with Gasteiger partial charge >= 0.3 is 0 Å². The molecule has 1 saturated heterocycles. The van der Waals surface area contributed by atoms with E-state index in [0.717, 1.165) is 12.5 Å². The summed E-state index contributed by atoms with van der Waals surface area (Å²) in [6, 6.07) is 1.79. The normalized spacial score (nSPS) is 17.7. The Balaban J connectivity index is 1.82. The van der Waals surface area contributed by atoms with Crippen molar-refractivity contribution in [2.75, 3.05) is 32.0 Å². The number of aromatic nitrogens is 2. The van der Waals surface area contributed by atoms with Crippen LogP contribution in [-0.4, -0.2) is 47.7 Å². The van der Waals surface area contributed by atoms with Crippen molar-refractivity contribution in [1.82, 2.24) is 14.9 Å². The summed E-state index contributed by atoms with van der Waals surface area (Å²) in [4.78, 5) is 11.0. The Labute approximate surface area is 115 Å². The zero-order chi connectivity index (χ0) is 13.7. The Hall–Kier alpha value is -1.36. The van der Waals surface area contributed by atoms with Crippen molar-refractivity contribution < 1.29 is 4.74 Å². The van der Waals surface area contributed by atoms with E-state index in [9.17, 15) is 0 Å². The van der Waals surface area contributed by atoms with Crippen molar-refractivity contribution in [1.29, 1.82) is 0 Å². The predicted octanol–water partition coefficient (Wildman–Crippen LogP) is 2.02. The highest BCUT2D eigenvalue weighted by atomic mass is 16.5. The minimum Gasteiger partial charge on any atom is -0.475 e. The fourth-order valence-electron chi connectivity index (χ4n) is 2.24. The summed E-state index contributed by atoms with van der Waals surface area (Å²) in [6.07, 6.45) is 4.36. The molecule has 0 aliphatic carbocycles. The number of likely N-dealkylation sites (tertiary alicyclic amines) is 1. The number of anilines is 1. The second kappa shape index (κ2) is 6.70. The van der Waals surface area contributed by atoms with Gasteiger partial charge in [-0.15, -0.1) is 0 Å². The summed E-state index contributed by atoms with van der Waals surface area (Å²) < 4.78 is 5.56. The molecule has 0 radical (unpaired) electrons. The van der Waals surface area contributed by atoms with Crippen molar-refractivity contribution in [3.63, 3.8) is 0 Å². The molecule has 19 heavy (non-hydrogen) atoms. The monoisotopic (exact) mass is 264 g/mol. The molecular formula is C14H24N4O. The quantitative estimate of drug-likeness (QED) is 0.881. The molecule has 1 fully saturated rings. The van der Waals surface area contributed by atoms with Crippen LogP contribution in [0.15, 0.2) is 12.3 Å². The third-order valence-corrected chi connectivity index (χ3v) is 3.37. The Morgan fingerprint density at radius 3 is 2.84 bits per heavy atom. The van der Waals surface area contributed by atoms with E-state index >= 15 is 0 Å². The van der Waals surface area contributed by atoms with Crippen molar-refractivity contribution in [2.24, 2.45) is 5.92 Å². The first-order valence-electron chi connectivity index (χ1n) is 7.05. The van der Waals surface area contributed by atoms with Crippen LogP contribution < -0.4 is 10.1 Å². The number of nitrogens with zero attached hydrogens (tertiary/aromatic N) is 3. The van der Waals surface area contributed by atoms with Crippen LogP contribution in [0.2, 0.25) is 0 Å². The van der Waals surface area contributed by atoms with Gasteiger partial charge in [-0.25, -0.2) is 4.98 Å². The second-order valence-corrected chi connectivity index (χ2v) is 5.51. The van der Waals surface area contributed by atoms with Crippen molar-refractivity contribution >= 4 is 5.95 Å². The fourth-order valence-corrected chi connectivity index (χ4v) is 2.24. The van der Waals surface area contributed by atoms with Gasteiger partial charge in [0.15, 0.2) is 0 Å². The summed E-state index contributed by atoms with van der Waals surface area (Å²) in [5.41, 5.74) is 0. The van der Waals surface area contributed by atoms with Crippen LogP contribution in [-0.2, 0) is 0 Å². The average molecular weight is 264 g/mol. The lowest BCUT2D eigenvalue weighted by Crippen LogP contribution is -2.33. The standard InChI is InChI=1S/C14H24N4O/c1-11(2)19-13-4-7-15-14(17-13)16-10-12-5-8-18(3)9-6-12/h4,7,11-12H,5-6,8-10H2,1-3H3,(H,15,16,17). The molecule has 1 aliphatic rings. The van der Waals surface area contributed by atoms with E-state index in [1.165, 1.54) is 25.9 Å². The largest absolute Gasteiger partial charge is 0.475 e. The van der Waals surface area contributed by atoms with Crippen LogP contribution in [0.3, 0.4) is 0 Å². The molecule has 0 saturated carbocycles. The van der Waals surface area contributed by atoms with Crippen molar-refractivity contribution in [3.05, 3.63) is 12.3 Å². The third-order valence-electron chi connectivity index (χ3n) is 3.37. The van der Waals surface area contributed by atoms with Gasteiger partial charge in [0.25, 0.3) is 0 Å². The van der Waals surface area contributed by atoms with E-state index < -0.39 is 0 Å². The maximum atomic E-state index is 5.56. The van der Waals surface area contributed by atoms with E-state index in [4.69, 9.17) is 4.74 Å². The molecule has 1 aromatic heterocycles. The zero-order valence-corrected chi connectivity index (χ0v) is 12.1. The molecule has 1 aliphatic heterocycles. The van der Waals surface area contributed by atoms with E-state index in [-0.39, 0.29) is 6.10 Å². The number of ether oxygens (including phenoxy) is 1. The smallest absolute Gasteiger partial charge is 0.225 e. The SMILES string of the molecule is CC(C)Oc1ccnc(NCC2CCN(C)CC2)n1. The summed E-state index contributed by atoms with van der Waals surface area (Å²) >= 11 is 0. The van der Waals surface area contributed by atoms with E-state index in [1.807, 2.05) is 13.8 Å². The van der Waals surface area contributed by atoms with Crippen LogP contribution in [0, 0.1) is 5.92 Å². The molecule has 0 atom stereocenters. The lowest BCUT2D eigenvalue weighted by Gasteiger charge is -2.28. The van der Waals surface area contributed by atoms with Gasteiger partial charge in [0, 0.05) is 18.8 Å². The molecule has 1 aromatic rings. The minimum atomic E-state index is 0.136. The molecule has 2 rings (SSSR count). The molecule has 0 spiro atoms. The highest BCUT2D eigenvalue weighted by Gasteiger charge is 2.16. The second-order valence-electron chi connectivity index (χ2n) is 5.51. The first kappa shape index (κ1) is 14.1. The zero-order valence-electron chi connectivity index (χ0n) is 12.1. The van der Waals surface area contributed by atoms with Gasteiger partial charge in [-0.2, -0.15) is 4.98 Å². The van der Waals surface area contributed by atoms with Gasteiger partial charge in [0.1, 0.15) is 0 Å². The topological polar surface area (TPSA) is 50.3 Å². The van der Waals surface area contributed by atoms with Crippen LogP contribution >= 0.6 is 0 Å². The predicted molar refractivity (Wildman–Crippen MR) is 76.5 cm³/mol. The fraction of sp³-hybridized carbons (Fsp3) is 0.714. The van der Waals surface area contributed by atoms with Gasteiger partial charge < -0.3 is 15.0 Å². The molecule has 0 aromatic carbocycles. The van der Waals surface area contributed by atoms with Crippen molar-refractivity contribution in [2.45, 2.75) is 32.8 Å². The van der Waals surface area contributed by atoms with Gasteiger partial charge in [-0.05, 0) is 52.7 Å². The Morgan fingerprint density at radius 1 is 1.42 bits per heavy atom. The first-order chi connectivity index (χ1) is 9.13. The number of piperidine rings is 1. The van der Waals surface area contributed by atoms with Gasteiger partial charge in [0.05, 0.1) is 6.10 Å². The summed E-state index contributed by atoms with van der Waals surface area (Å²) in [5.74, 6) is 2.02. The Kier molecular flexibility index (Phi) is 4.96. The third kappa shape index (κ3) is 4.67. The molecule has 1 N–H and O–H groups in total. The minimum absolute atomic E-state index is 0.136. The highest BCUT2D eigenvalue weighted by molar-refractivity contribution is 5.27. The molecule has 5 heteroatoms. The molecular weight excluding hydrogens is 240 g/mol. The van der Waals surface area contributed by atoms with E-state index in [2.05, 4.69) is 27.2 Å². The summed E-state index contributed by atoms with van der Waals surface area (Å²) in [6.45, 7) is 7.30.